The fourth-order valence-electron chi connectivity index (χ4n) is 5.57. The van der Waals surface area contributed by atoms with Gasteiger partial charge in [-0.15, -0.1) is 0 Å². The van der Waals surface area contributed by atoms with Gasteiger partial charge in [-0.25, -0.2) is 0 Å². The lowest BCUT2D eigenvalue weighted by molar-refractivity contribution is -0.360. The first-order valence-corrected chi connectivity index (χ1v) is 14.5. The Morgan fingerprint density at radius 3 is 1.53 bits per heavy atom. The molecule has 0 aromatic rings. The van der Waals surface area contributed by atoms with E-state index in [0.29, 0.717) is 12.5 Å². The predicted octanol–water partition coefficient (Wildman–Crippen LogP) is -4.61. The molecule has 4 fully saturated rings. The zero-order valence-corrected chi connectivity index (χ0v) is 28.1. The Balaban J connectivity index is 0.00000110. The summed E-state index contributed by atoms with van der Waals surface area (Å²) in [5.74, 6) is 0.349. The molecule has 1 aliphatic carbocycles. The van der Waals surface area contributed by atoms with E-state index in [-0.39, 0.29) is 47.1 Å². The third-order valence-corrected chi connectivity index (χ3v) is 8.31. The normalized spacial score (nSPS) is 43.9. The summed E-state index contributed by atoms with van der Waals surface area (Å²) in [6.45, 7) is 0.357. The number of ether oxygens (including phenoxy) is 5. The van der Waals surface area contributed by atoms with Crippen LogP contribution in [-0.2, 0) is 23.7 Å². The molecule has 45 heavy (non-hydrogen) atoms. The Labute approximate surface area is 283 Å². The van der Waals surface area contributed by atoms with Crippen molar-refractivity contribution in [1.29, 1.82) is 0 Å². The van der Waals surface area contributed by atoms with Crippen molar-refractivity contribution >= 4 is 40.5 Å². The van der Waals surface area contributed by atoms with E-state index in [1.165, 1.54) is 6.42 Å². The molecular weight excluding hydrogens is 664 g/mol. The van der Waals surface area contributed by atoms with Crippen LogP contribution in [0.25, 0.3) is 0 Å². The fourth-order valence-corrected chi connectivity index (χ4v) is 5.57. The summed E-state index contributed by atoms with van der Waals surface area (Å²) >= 11 is 0. The maximum absolute atomic E-state index is 10.6. The molecule has 3 heterocycles. The first-order chi connectivity index (χ1) is 19.9. The first kappa shape index (κ1) is 45.4. The standard InChI is InChI=1S/C19H34O11.C7H14O5.3H2S/c20-6-10-12(22)13(23)15(25)19(28-10)30-17-11(7-21)29-18(16(26)14(17)24)27-8-9-4-2-1-3-5-9;1-3-5(9)7(11)6(10)4(2-8)12-3;;;/h9-26H,1-8H2;3-11H,2H2,1H3;3*1H2/t10-,11-,12-,13+,14-,15-,16-,17-,18-,19-;3-,4+,5-,6+,7+;;;/m10.../s1. The summed E-state index contributed by atoms with van der Waals surface area (Å²) in [6.07, 6.45) is -13.7. The molecule has 3 aliphatic heterocycles. The van der Waals surface area contributed by atoms with Crippen LogP contribution in [0.4, 0.5) is 0 Å². The number of hydrogen-bond donors (Lipinski definition) is 11. The predicted molar refractivity (Wildman–Crippen MR) is 170 cm³/mol. The van der Waals surface area contributed by atoms with E-state index in [9.17, 15) is 51.1 Å². The smallest absolute Gasteiger partial charge is 0.187 e. The van der Waals surface area contributed by atoms with Gasteiger partial charge in [0, 0.05) is 0 Å². The van der Waals surface area contributed by atoms with E-state index < -0.39 is 105 Å². The first-order valence-electron chi connectivity index (χ1n) is 14.5. The third-order valence-electron chi connectivity index (χ3n) is 8.31. The molecule has 0 unspecified atom stereocenters. The Kier molecular flexibility index (Phi) is 21.7. The van der Waals surface area contributed by atoms with Gasteiger partial charge in [-0.3, -0.25) is 0 Å². The van der Waals surface area contributed by atoms with Crippen LogP contribution in [0.15, 0.2) is 0 Å². The Morgan fingerprint density at radius 2 is 1.00 bits per heavy atom. The molecule has 0 amide bonds. The molecule has 1 saturated carbocycles. The molecule has 0 aromatic carbocycles. The summed E-state index contributed by atoms with van der Waals surface area (Å²) in [5, 5.41) is 106. The molecule has 4 aliphatic rings. The van der Waals surface area contributed by atoms with Crippen LogP contribution in [0, 0.1) is 5.92 Å². The average molecular weight is 719 g/mol. The molecule has 11 N–H and O–H groups in total. The van der Waals surface area contributed by atoms with Crippen molar-refractivity contribution in [3.8, 4) is 0 Å². The largest absolute Gasteiger partial charge is 0.394 e. The number of aliphatic hydroxyl groups excluding tert-OH is 11. The van der Waals surface area contributed by atoms with Gasteiger partial charge in [0.1, 0.15) is 73.2 Å². The van der Waals surface area contributed by atoms with Crippen LogP contribution < -0.4 is 0 Å². The summed E-state index contributed by atoms with van der Waals surface area (Å²) in [4.78, 5) is 0. The molecule has 19 heteroatoms. The van der Waals surface area contributed by atoms with E-state index in [1.54, 1.807) is 6.92 Å². The van der Waals surface area contributed by atoms with Crippen molar-refractivity contribution in [1.82, 2.24) is 0 Å². The van der Waals surface area contributed by atoms with Crippen LogP contribution in [-0.4, -0.2) is 175 Å². The molecule has 0 bridgehead atoms. The Bertz CT molecular complexity index is 780. The second kappa shape index (κ2) is 21.5. The lowest BCUT2D eigenvalue weighted by atomic mass is 9.90. The molecule has 4 rings (SSSR count). The van der Waals surface area contributed by atoms with Crippen molar-refractivity contribution in [2.24, 2.45) is 5.92 Å². The van der Waals surface area contributed by atoms with Crippen LogP contribution in [0.1, 0.15) is 39.0 Å². The maximum atomic E-state index is 10.6. The van der Waals surface area contributed by atoms with Gasteiger partial charge in [-0.05, 0) is 25.7 Å². The third kappa shape index (κ3) is 11.5. The zero-order valence-electron chi connectivity index (χ0n) is 25.1. The van der Waals surface area contributed by atoms with Crippen LogP contribution in [0.2, 0.25) is 0 Å². The Morgan fingerprint density at radius 1 is 0.533 bits per heavy atom. The second-order valence-electron chi connectivity index (χ2n) is 11.4. The van der Waals surface area contributed by atoms with Crippen LogP contribution in [0.5, 0.6) is 0 Å². The Hall–Kier alpha value is 0.410. The lowest BCUT2D eigenvalue weighted by Crippen LogP contribution is -2.64. The number of hydrogen-bond acceptors (Lipinski definition) is 16. The van der Waals surface area contributed by atoms with Crippen LogP contribution >= 0.6 is 40.5 Å². The number of aliphatic hydroxyl groups is 11. The second-order valence-corrected chi connectivity index (χ2v) is 11.4. The SMILES string of the molecule is C[C@@H]1O[C@H](CO)[C@@H](O)[C@H](O)[C@H]1O.OC[C@H]1O[C@H](O[C@H]2[C@H](O)[C@@H](O)[C@H](OCC3CCCCC3)O[C@@H]2CO)[C@H](O)[C@@H](O)[C@@H]1O.S.S.S. The van der Waals surface area contributed by atoms with Gasteiger partial charge < -0.3 is 79.9 Å². The molecular formula is C26H54O16S3. The number of rotatable bonds is 8. The molecule has 0 aromatic heterocycles. The lowest BCUT2D eigenvalue weighted by Gasteiger charge is -2.46. The molecule has 15 atom stereocenters. The van der Waals surface area contributed by atoms with Gasteiger partial charge in [0.15, 0.2) is 12.6 Å². The summed E-state index contributed by atoms with van der Waals surface area (Å²) in [7, 11) is 0. The van der Waals surface area contributed by atoms with Crippen molar-refractivity contribution in [2.75, 3.05) is 26.4 Å². The van der Waals surface area contributed by atoms with Crippen molar-refractivity contribution in [3.63, 3.8) is 0 Å². The van der Waals surface area contributed by atoms with Crippen molar-refractivity contribution in [3.05, 3.63) is 0 Å². The quantitative estimate of drug-likeness (QED) is 0.113. The topological polar surface area (TPSA) is 269 Å². The summed E-state index contributed by atoms with van der Waals surface area (Å²) in [6, 6.07) is 0. The maximum Gasteiger partial charge on any atom is 0.187 e. The molecule has 272 valence electrons. The minimum Gasteiger partial charge on any atom is -0.394 e. The van der Waals surface area contributed by atoms with Crippen LogP contribution in [0.3, 0.4) is 0 Å². The molecule has 0 radical (unpaired) electrons. The van der Waals surface area contributed by atoms with Gasteiger partial charge in [0.2, 0.25) is 0 Å². The summed E-state index contributed by atoms with van der Waals surface area (Å²) in [5.41, 5.74) is 0. The highest BCUT2D eigenvalue weighted by atomic mass is 32.1. The van der Waals surface area contributed by atoms with Crippen molar-refractivity contribution < 1.29 is 79.9 Å². The molecule has 16 nitrogen and oxygen atoms in total. The van der Waals surface area contributed by atoms with E-state index in [4.69, 9.17) is 28.8 Å². The highest BCUT2D eigenvalue weighted by molar-refractivity contribution is 7.59. The van der Waals surface area contributed by atoms with E-state index in [2.05, 4.69) is 0 Å². The molecule has 3 saturated heterocycles. The highest BCUT2D eigenvalue weighted by Crippen LogP contribution is 2.31. The minimum atomic E-state index is -1.69. The van der Waals surface area contributed by atoms with Gasteiger partial charge in [0.05, 0.1) is 32.5 Å². The zero-order chi connectivity index (χ0) is 31.1. The van der Waals surface area contributed by atoms with E-state index >= 15 is 0 Å². The van der Waals surface area contributed by atoms with E-state index in [1.807, 2.05) is 0 Å². The van der Waals surface area contributed by atoms with E-state index in [0.717, 1.165) is 25.7 Å². The van der Waals surface area contributed by atoms with Gasteiger partial charge in [0.25, 0.3) is 0 Å². The minimum absolute atomic E-state index is 0. The van der Waals surface area contributed by atoms with Crippen molar-refractivity contribution in [2.45, 2.75) is 131 Å². The summed E-state index contributed by atoms with van der Waals surface area (Å²) < 4.78 is 27.1. The monoisotopic (exact) mass is 718 g/mol. The van der Waals surface area contributed by atoms with Gasteiger partial charge in [-0.2, -0.15) is 40.5 Å². The van der Waals surface area contributed by atoms with Gasteiger partial charge >= 0.3 is 0 Å². The highest BCUT2D eigenvalue weighted by Gasteiger charge is 2.50. The molecule has 0 spiro atoms. The fraction of sp³-hybridized carbons (Fsp3) is 1.00. The average Bonchev–Trinajstić information content (AvgIpc) is 3.00. The van der Waals surface area contributed by atoms with Gasteiger partial charge in [-0.1, -0.05) is 19.3 Å².